The second-order valence-corrected chi connectivity index (χ2v) is 5.99. The molecule has 1 atom stereocenters. The van der Waals surface area contributed by atoms with Crippen LogP contribution in [0, 0.1) is 18.3 Å². The Morgan fingerprint density at radius 1 is 1.33 bits per heavy atom. The van der Waals surface area contributed by atoms with Gasteiger partial charge in [0.15, 0.2) is 0 Å². The van der Waals surface area contributed by atoms with E-state index in [1.165, 1.54) is 19.4 Å². The Morgan fingerprint density at radius 2 is 2.00 bits per heavy atom. The molecule has 118 valence electrons. The lowest BCUT2D eigenvalue weighted by atomic mass is 9.95. The minimum absolute atomic E-state index is 0.0413. The summed E-state index contributed by atoms with van der Waals surface area (Å²) in [5.74, 6) is 3.23. The van der Waals surface area contributed by atoms with Gasteiger partial charge in [0.2, 0.25) is 5.91 Å². The average Bonchev–Trinajstić information content (AvgIpc) is 2.53. The van der Waals surface area contributed by atoms with Crippen molar-refractivity contribution in [3.05, 3.63) is 0 Å². The van der Waals surface area contributed by atoms with E-state index in [1.54, 1.807) is 0 Å². The first kappa shape index (κ1) is 16.3. The quantitative estimate of drug-likeness (QED) is 0.734. The summed E-state index contributed by atoms with van der Waals surface area (Å²) in [5.41, 5.74) is 0. The maximum absolute atomic E-state index is 11.9. The van der Waals surface area contributed by atoms with Crippen LogP contribution in [0.2, 0.25) is 0 Å². The van der Waals surface area contributed by atoms with E-state index < -0.39 is 0 Å². The Bertz CT molecular complexity index is 366. The van der Waals surface area contributed by atoms with E-state index in [4.69, 9.17) is 11.2 Å². The number of likely N-dealkylation sites (tertiary alicyclic amines) is 1. The number of nitrogens with one attached hydrogen (secondary N) is 1. The summed E-state index contributed by atoms with van der Waals surface area (Å²) < 4.78 is 5.39. The lowest BCUT2D eigenvalue weighted by Crippen LogP contribution is -2.49. The van der Waals surface area contributed by atoms with E-state index in [-0.39, 0.29) is 11.9 Å². The van der Waals surface area contributed by atoms with Crippen molar-refractivity contribution in [2.45, 2.75) is 25.8 Å². The van der Waals surface area contributed by atoms with E-state index in [0.717, 1.165) is 45.3 Å². The van der Waals surface area contributed by atoms with Gasteiger partial charge in [0.05, 0.1) is 25.8 Å². The maximum Gasteiger partial charge on any atom is 0.237 e. The third-order valence-electron chi connectivity index (χ3n) is 4.56. The lowest BCUT2D eigenvalue weighted by Gasteiger charge is -2.38. The molecule has 0 saturated carbocycles. The second-order valence-electron chi connectivity index (χ2n) is 5.99. The first-order chi connectivity index (χ1) is 10.2. The van der Waals surface area contributed by atoms with Crippen LogP contribution >= 0.6 is 0 Å². The first-order valence-electron chi connectivity index (χ1n) is 7.96. The van der Waals surface area contributed by atoms with Gasteiger partial charge in [0.1, 0.15) is 0 Å². The third kappa shape index (κ3) is 4.99. The SMILES string of the molecule is C#CCNC(=O)C(C)N1CCC(CN2CCOCC2)CC1. The van der Waals surface area contributed by atoms with Gasteiger partial charge in [-0.15, -0.1) is 6.42 Å². The molecule has 1 N–H and O–H groups in total. The molecular formula is C16H27N3O2. The summed E-state index contributed by atoms with van der Waals surface area (Å²) in [6, 6.07) is -0.0808. The Kier molecular flexibility index (Phi) is 6.50. The molecule has 0 aromatic carbocycles. The smallest absolute Gasteiger partial charge is 0.237 e. The number of amides is 1. The standard InChI is InChI=1S/C16H27N3O2/c1-3-6-17-16(20)14(2)19-7-4-15(5-8-19)13-18-9-11-21-12-10-18/h1,14-15H,4-13H2,2H3,(H,17,20). The van der Waals surface area contributed by atoms with Gasteiger partial charge in [-0.3, -0.25) is 14.6 Å². The molecule has 2 rings (SSSR count). The molecule has 2 fully saturated rings. The largest absolute Gasteiger partial charge is 0.379 e. The van der Waals surface area contributed by atoms with E-state index in [0.29, 0.717) is 6.54 Å². The van der Waals surface area contributed by atoms with Crippen molar-refractivity contribution in [1.82, 2.24) is 15.1 Å². The highest BCUT2D eigenvalue weighted by Crippen LogP contribution is 2.20. The molecule has 2 aliphatic heterocycles. The first-order valence-corrected chi connectivity index (χ1v) is 7.96. The number of rotatable bonds is 5. The Hall–Kier alpha value is -1.09. The molecular weight excluding hydrogens is 266 g/mol. The molecule has 0 bridgehead atoms. The average molecular weight is 293 g/mol. The zero-order valence-electron chi connectivity index (χ0n) is 13.0. The fraction of sp³-hybridized carbons (Fsp3) is 0.812. The molecule has 2 saturated heterocycles. The zero-order chi connectivity index (χ0) is 15.1. The fourth-order valence-corrected chi connectivity index (χ4v) is 3.12. The van der Waals surface area contributed by atoms with Crippen molar-refractivity contribution < 1.29 is 9.53 Å². The molecule has 1 amide bonds. The molecule has 0 spiro atoms. The van der Waals surface area contributed by atoms with Gasteiger partial charge >= 0.3 is 0 Å². The highest BCUT2D eigenvalue weighted by atomic mass is 16.5. The lowest BCUT2D eigenvalue weighted by molar-refractivity contribution is -0.126. The van der Waals surface area contributed by atoms with Crippen molar-refractivity contribution in [3.63, 3.8) is 0 Å². The number of hydrogen-bond donors (Lipinski definition) is 1. The number of piperidine rings is 1. The van der Waals surface area contributed by atoms with Gasteiger partial charge in [0, 0.05) is 19.6 Å². The number of ether oxygens (including phenoxy) is 1. The van der Waals surface area contributed by atoms with Crippen molar-refractivity contribution in [2.75, 3.05) is 52.5 Å². The van der Waals surface area contributed by atoms with Gasteiger partial charge in [0.25, 0.3) is 0 Å². The third-order valence-corrected chi connectivity index (χ3v) is 4.56. The van der Waals surface area contributed by atoms with Crippen LogP contribution in [0.4, 0.5) is 0 Å². The monoisotopic (exact) mass is 293 g/mol. The minimum Gasteiger partial charge on any atom is -0.379 e. The van der Waals surface area contributed by atoms with Crippen molar-refractivity contribution in [2.24, 2.45) is 5.92 Å². The van der Waals surface area contributed by atoms with Crippen LogP contribution in [0.25, 0.3) is 0 Å². The van der Waals surface area contributed by atoms with Crippen molar-refractivity contribution in [3.8, 4) is 12.3 Å². The topological polar surface area (TPSA) is 44.8 Å². The van der Waals surface area contributed by atoms with E-state index in [1.807, 2.05) is 6.92 Å². The Labute approximate surface area is 128 Å². The number of nitrogens with zero attached hydrogens (tertiary/aromatic N) is 2. The molecule has 1 unspecified atom stereocenters. The summed E-state index contributed by atoms with van der Waals surface area (Å²) >= 11 is 0. The van der Waals surface area contributed by atoms with Crippen LogP contribution in [-0.4, -0.2) is 74.2 Å². The molecule has 5 heteroatoms. The summed E-state index contributed by atoms with van der Waals surface area (Å²) in [7, 11) is 0. The van der Waals surface area contributed by atoms with Crippen LogP contribution in [-0.2, 0) is 9.53 Å². The van der Waals surface area contributed by atoms with Gasteiger partial charge in [-0.05, 0) is 38.8 Å². The highest BCUT2D eigenvalue weighted by molar-refractivity contribution is 5.81. The second kappa shape index (κ2) is 8.38. The molecule has 2 aliphatic rings. The van der Waals surface area contributed by atoms with Gasteiger partial charge in [-0.1, -0.05) is 5.92 Å². The number of carbonyl (C=O) groups excluding carboxylic acids is 1. The van der Waals surface area contributed by atoms with Crippen LogP contribution in [0.5, 0.6) is 0 Å². The summed E-state index contributed by atoms with van der Waals surface area (Å²) in [4.78, 5) is 16.7. The van der Waals surface area contributed by atoms with E-state index >= 15 is 0 Å². The Morgan fingerprint density at radius 3 is 2.62 bits per heavy atom. The molecule has 5 nitrogen and oxygen atoms in total. The van der Waals surface area contributed by atoms with Crippen LogP contribution in [0.1, 0.15) is 19.8 Å². The minimum atomic E-state index is -0.0808. The highest BCUT2D eigenvalue weighted by Gasteiger charge is 2.27. The molecule has 0 aromatic heterocycles. The van der Waals surface area contributed by atoms with Gasteiger partial charge < -0.3 is 10.1 Å². The van der Waals surface area contributed by atoms with Crippen LogP contribution in [0.15, 0.2) is 0 Å². The van der Waals surface area contributed by atoms with Gasteiger partial charge in [-0.2, -0.15) is 0 Å². The zero-order valence-corrected chi connectivity index (χ0v) is 13.0. The summed E-state index contributed by atoms with van der Waals surface area (Å²) in [6.07, 6.45) is 7.51. The summed E-state index contributed by atoms with van der Waals surface area (Å²) in [6.45, 7) is 9.31. The number of morpholine rings is 1. The number of terminal acetylenes is 1. The van der Waals surface area contributed by atoms with Crippen LogP contribution < -0.4 is 5.32 Å². The molecule has 21 heavy (non-hydrogen) atoms. The Balaban J connectivity index is 1.69. The fourth-order valence-electron chi connectivity index (χ4n) is 3.12. The molecule has 0 aliphatic carbocycles. The van der Waals surface area contributed by atoms with E-state index in [9.17, 15) is 4.79 Å². The predicted octanol–water partition coefficient (Wildman–Crippen LogP) is 0.169. The number of hydrogen-bond acceptors (Lipinski definition) is 4. The number of carbonyl (C=O) groups is 1. The van der Waals surface area contributed by atoms with Crippen molar-refractivity contribution in [1.29, 1.82) is 0 Å². The summed E-state index contributed by atoms with van der Waals surface area (Å²) in [5, 5.41) is 2.77. The van der Waals surface area contributed by atoms with E-state index in [2.05, 4.69) is 21.0 Å². The van der Waals surface area contributed by atoms with Gasteiger partial charge in [-0.25, -0.2) is 0 Å². The molecule has 0 aromatic rings. The molecule has 0 radical (unpaired) electrons. The normalized spacial score (nSPS) is 23.4. The van der Waals surface area contributed by atoms with Crippen LogP contribution in [0.3, 0.4) is 0 Å². The predicted molar refractivity (Wildman–Crippen MR) is 82.9 cm³/mol. The maximum atomic E-state index is 11.9. The molecule has 2 heterocycles. The van der Waals surface area contributed by atoms with Crippen molar-refractivity contribution >= 4 is 5.91 Å².